The van der Waals surface area contributed by atoms with Crippen LogP contribution in [0.1, 0.15) is 11.1 Å². The van der Waals surface area contributed by atoms with E-state index in [-0.39, 0.29) is 18.4 Å². The minimum Gasteiger partial charge on any atom is -0.369 e. The van der Waals surface area contributed by atoms with E-state index in [1.807, 2.05) is 62.4 Å². The highest BCUT2D eigenvalue weighted by molar-refractivity contribution is 6.01. The van der Waals surface area contributed by atoms with Crippen LogP contribution in [-0.4, -0.2) is 5.96 Å². The van der Waals surface area contributed by atoms with E-state index >= 15 is 0 Å². The number of aryl methyl sites for hydroxylation is 2. The van der Waals surface area contributed by atoms with Gasteiger partial charge in [0.05, 0.1) is 11.4 Å². The highest BCUT2D eigenvalue weighted by Gasteiger charge is 2.15. The second kappa shape index (κ2) is 6.25. The lowest BCUT2D eigenvalue weighted by Crippen LogP contribution is -2.33. The first-order valence-electron chi connectivity index (χ1n) is 5.86. The van der Waals surface area contributed by atoms with Crippen LogP contribution in [0.4, 0.5) is 11.4 Å². The molecule has 4 heteroatoms. The van der Waals surface area contributed by atoms with Gasteiger partial charge in [-0.25, -0.2) is 0 Å². The smallest absolute Gasteiger partial charge is 0.197 e. The van der Waals surface area contributed by atoms with Gasteiger partial charge in [-0.3, -0.25) is 10.3 Å². The van der Waals surface area contributed by atoms with Gasteiger partial charge in [0.15, 0.2) is 5.96 Å². The fourth-order valence-corrected chi connectivity index (χ4v) is 2.02. The molecule has 19 heavy (non-hydrogen) atoms. The van der Waals surface area contributed by atoms with Crippen LogP contribution in [0.15, 0.2) is 48.5 Å². The average Bonchev–Trinajstić information content (AvgIpc) is 2.34. The van der Waals surface area contributed by atoms with Crippen LogP contribution < -0.4 is 10.6 Å². The van der Waals surface area contributed by atoms with Gasteiger partial charge in [-0.15, -0.1) is 12.4 Å². The number of para-hydroxylation sites is 2. The summed E-state index contributed by atoms with van der Waals surface area (Å²) in [5.41, 5.74) is 9.82. The topological polar surface area (TPSA) is 53.1 Å². The Morgan fingerprint density at radius 1 is 0.895 bits per heavy atom. The zero-order valence-corrected chi connectivity index (χ0v) is 11.9. The number of anilines is 2. The number of guanidine groups is 1. The Morgan fingerprint density at radius 3 is 1.58 bits per heavy atom. The van der Waals surface area contributed by atoms with Crippen LogP contribution in [0.5, 0.6) is 0 Å². The van der Waals surface area contributed by atoms with Gasteiger partial charge < -0.3 is 5.73 Å². The van der Waals surface area contributed by atoms with Gasteiger partial charge in [-0.1, -0.05) is 36.4 Å². The molecule has 3 nitrogen and oxygen atoms in total. The maximum atomic E-state index is 7.82. The third-order valence-corrected chi connectivity index (χ3v) is 2.95. The zero-order valence-electron chi connectivity index (χ0n) is 11.1. The molecule has 0 bridgehead atoms. The second-order valence-corrected chi connectivity index (χ2v) is 4.29. The number of benzene rings is 2. The number of nitrogens with zero attached hydrogens (tertiary/aromatic N) is 1. The van der Waals surface area contributed by atoms with Gasteiger partial charge >= 0.3 is 0 Å². The molecule has 0 amide bonds. The SMILES string of the molecule is Cc1ccccc1N(C(=N)N)c1ccccc1C.Cl. The van der Waals surface area contributed by atoms with Crippen molar-refractivity contribution < 1.29 is 0 Å². The summed E-state index contributed by atoms with van der Waals surface area (Å²) in [6.45, 7) is 4.03. The summed E-state index contributed by atoms with van der Waals surface area (Å²) in [6, 6.07) is 15.9. The van der Waals surface area contributed by atoms with E-state index in [1.165, 1.54) is 0 Å². The van der Waals surface area contributed by atoms with Crippen molar-refractivity contribution in [3.63, 3.8) is 0 Å². The number of hydrogen-bond donors (Lipinski definition) is 2. The van der Waals surface area contributed by atoms with Gasteiger partial charge in [0, 0.05) is 0 Å². The lowest BCUT2D eigenvalue weighted by molar-refractivity contribution is 1.21. The van der Waals surface area contributed by atoms with Crippen molar-refractivity contribution in [2.24, 2.45) is 5.73 Å². The van der Waals surface area contributed by atoms with Crippen molar-refractivity contribution in [2.45, 2.75) is 13.8 Å². The molecule has 0 heterocycles. The van der Waals surface area contributed by atoms with Crippen molar-refractivity contribution >= 4 is 29.7 Å². The van der Waals surface area contributed by atoms with E-state index in [0.29, 0.717) is 0 Å². The summed E-state index contributed by atoms with van der Waals surface area (Å²) in [4.78, 5) is 1.77. The van der Waals surface area contributed by atoms with Crippen LogP contribution in [0.25, 0.3) is 0 Å². The minimum absolute atomic E-state index is 0. The summed E-state index contributed by atoms with van der Waals surface area (Å²) in [6.07, 6.45) is 0. The number of halogens is 1. The molecule has 0 aromatic heterocycles. The largest absolute Gasteiger partial charge is 0.369 e. The first-order chi connectivity index (χ1) is 8.61. The summed E-state index contributed by atoms with van der Waals surface area (Å²) in [5, 5.41) is 7.82. The summed E-state index contributed by atoms with van der Waals surface area (Å²) >= 11 is 0. The Hall–Kier alpha value is -2.00. The van der Waals surface area contributed by atoms with Gasteiger partial charge in [0.2, 0.25) is 0 Å². The predicted octanol–water partition coefficient (Wildman–Crippen LogP) is 3.76. The Labute approximate surface area is 120 Å². The highest BCUT2D eigenvalue weighted by Crippen LogP contribution is 2.29. The molecular weight excluding hydrogens is 258 g/mol. The average molecular weight is 276 g/mol. The first kappa shape index (κ1) is 15.1. The quantitative estimate of drug-likeness (QED) is 0.648. The number of hydrogen-bond acceptors (Lipinski definition) is 1. The number of rotatable bonds is 2. The first-order valence-corrected chi connectivity index (χ1v) is 5.86. The molecule has 100 valence electrons. The third-order valence-electron chi connectivity index (χ3n) is 2.95. The van der Waals surface area contributed by atoms with Crippen LogP contribution in [-0.2, 0) is 0 Å². The highest BCUT2D eigenvalue weighted by atomic mass is 35.5. The Kier molecular flexibility index (Phi) is 4.95. The summed E-state index contributed by atoms with van der Waals surface area (Å²) in [5.74, 6) is 0.0265. The molecule has 0 fully saturated rings. The minimum atomic E-state index is 0. The van der Waals surface area contributed by atoms with Gasteiger partial charge in [-0.05, 0) is 37.1 Å². The fraction of sp³-hybridized carbons (Fsp3) is 0.133. The number of nitrogens with one attached hydrogen (secondary N) is 1. The van der Waals surface area contributed by atoms with Crippen LogP contribution in [0.3, 0.4) is 0 Å². The Bertz CT molecular complexity index is 536. The Morgan fingerprint density at radius 2 is 1.26 bits per heavy atom. The molecule has 0 radical (unpaired) electrons. The molecule has 0 saturated carbocycles. The second-order valence-electron chi connectivity index (χ2n) is 4.29. The molecule has 0 aliphatic rings. The van der Waals surface area contributed by atoms with Gasteiger partial charge in [0.25, 0.3) is 0 Å². The van der Waals surface area contributed by atoms with Crippen molar-refractivity contribution in [1.82, 2.24) is 0 Å². The van der Waals surface area contributed by atoms with E-state index in [1.54, 1.807) is 4.90 Å². The predicted molar refractivity (Wildman–Crippen MR) is 83.7 cm³/mol. The standard InChI is InChI=1S/C15H17N3.ClH/c1-11-7-3-5-9-13(11)18(15(16)17)14-10-6-4-8-12(14)2;/h3-10H,1-2H3,(H3,16,17);1H. The van der Waals surface area contributed by atoms with Crippen LogP contribution >= 0.6 is 12.4 Å². The van der Waals surface area contributed by atoms with E-state index in [0.717, 1.165) is 22.5 Å². The van der Waals surface area contributed by atoms with Crippen LogP contribution in [0.2, 0.25) is 0 Å². The molecular formula is C15H18ClN3. The fourth-order valence-electron chi connectivity index (χ4n) is 2.02. The lowest BCUT2D eigenvalue weighted by atomic mass is 10.1. The number of nitrogens with two attached hydrogens (primary N) is 1. The monoisotopic (exact) mass is 275 g/mol. The Balaban J connectivity index is 0.00000180. The molecule has 0 spiro atoms. The molecule has 2 aromatic carbocycles. The maximum absolute atomic E-state index is 7.82. The van der Waals surface area contributed by atoms with Crippen molar-refractivity contribution in [2.75, 3.05) is 4.90 Å². The molecule has 2 rings (SSSR count). The maximum Gasteiger partial charge on any atom is 0.197 e. The molecule has 0 unspecified atom stereocenters. The van der Waals surface area contributed by atoms with E-state index in [2.05, 4.69) is 0 Å². The van der Waals surface area contributed by atoms with Crippen molar-refractivity contribution in [3.8, 4) is 0 Å². The van der Waals surface area contributed by atoms with E-state index in [9.17, 15) is 0 Å². The zero-order chi connectivity index (χ0) is 13.1. The molecule has 0 aliphatic heterocycles. The van der Waals surface area contributed by atoms with E-state index < -0.39 is 0 Å². The van der Waals surface area contributed by atoms with E-state index in [4.69, 9.17) is 11.1 Å². The summed E-state index contributed by atoms with van der Waals surface area (Å²) in [7, 11) is 0. The van der Waals surface area contributed by atoms with Gasteiger partial charge in [0.1, 0.15) is 0 Å². The lowest BCUT2D eigenvalue weighted by Gasteiger charge is -2.26. The van der Waals surface area contributed by atoms with Gasteiger partial charge in [-0.2, -0.15) is 0 Å². The van der Waals surface area contributed by atoms with Crippen LogP contribution in [0, 0.1) is 19.3 Å². The normalized spacial score (nSPS) is 9.58. The van der Waals surface area contributed by atoms with Crippen molar-refractivity contribution in [3.05, 3.63) is 59.7 Å². The molecule has 3 N–H and O–H groups in total. The van der Waals surface area contributed by atoms with Crippen molar-refractivity contribution in [1.29, 1.82) is 5.41 Å². The molecule has 0 aliphatic carbocycles. The molecule has 2 aromatic rings. The third kappa shape index (κ3) is 3.06. The summed E-state index contributed by atoms with van der Waals surface area (Å²) < 4.78 is 0. The molecule has 0 saturated heterocycles. The molecule has 0 atom stereocenters.